The van der Waals surface area contributed by atoms with Gasteiger partial charge in [-0.3, -0.25) is 0 Å². The first-order valence-corrected chi connectivity index (χ1v) is 5.89. The van der Waals surface area contributed by atoms with Crippen molar-refractivity contribution in [2.24, 2.45) is 13.0 Å². The molecular weight excluding hydrogens is 202 g/mol. The van der Waals surface area contributed by atoms with Crippen LogP contribution in [-0.2, 0) is 11.8 Å². The third-order valence-corrected chi connectivity index (χ3v) is 2.94. The van der Waals surface area contributed by atoms with E-state index < -0.39 is 0 Å². The van der Waals surface area contributed by atoms with Crippen LogP contribution in [0, 0.1) is 5.92 Å². The Morgan fingerprint density at radius 3 is 2.81 bits per heavy atom. The lowest BCUT2D eigenvalue weighted by atomic mass is 9.96. The summed E-state index contributed by atoms with van der Waals surface area (Å²) in [6, 6.07) is 0.354. The molecule has 1 rings (SSSR count). The SMILES string of the molecule is CCNC(c1cncn1C)C(C)CCOC. The maximum Gasteiger partial charge on any atom is 0.0946 e. The van der Waals surface area contributed by atoms with E-state index in [9.17, 15) is 0 Å². The molecule has 0 amide bonds. The minimum atomic E-state index is 0.354. The van der Waals surface area contributed by atoms with Crippen LogP contribution in [0.5, 0.6) is 0 Å². The molecule has 92 valence electrons. The Morgan fingerprint density at radius 1 is 1.56 bits per heavy atom. The van der Waals surface area contributed by atoms with E-state index in [4.69, 9.17) is 4.74 Å². The predicted octanol–water partition coefficient (Wildman–Crippen LogP) is 1.74. The first-order valence-electron chi connectivity index (χ1n) is 5.89. The van der Waals surface area contributed by atoms with Crippen molar-refractivity contribution in [3.8, 4) is 0 Å². The number of hydrogen-bond donors (Lipinski definition) is 1. The molecule has 1 N–H and O–H groups in total. The molecule has 0 radical (unpaired) electrons. The van der Waals surface area contributed by atoms with Crippen LogP contribution >= 0.6 is 0 Å². The normalized spacial score (nSPS) is 15.0. The molecule has 0 bridgehead atoms. The summed E-state index contributed by atoms with van der Waals surface area (Å²) in [5, 5.41) is 3.52. The van der Waals surface area contributed by atoms with Crippen LogP contribution in [0.2, 0.25) is 0 Å². The number of aromatic nitrogens is 2. The van der Waals surface area contributed by atoms with E-state index in [1.807, 2.05) is 19.6 Å². The molecule has 0 aliphatic rings. The van der Waals surface area contributed by atoms with Crippen molar-refractivity contribution in [3.05, 3.63) is 18.2 Å². The first-order chi connectivity index (χ1) is 7.70. The van der Waals surface area contributed by atoms with Gasteiger partial charge in [-0.15, -0.1) is 0 Å². The van der Waals surface area contributed by atoms with Crippen LogP contribution < -0.4 is 5.32 Å². The molecule has 1 aromatic rings. The maximum absolute atomic E-state index is 5.14. The molecular formula is C12H23N3O. The Balaban J connectivity index is 2.70. The van der Waals surface area contributed by atoms with Gasteiger partial charge < -0.3 is 14.6 Å². The molecule has 0 spiro atoms. The topological polar surface area (TPSA) is 39.1 Å². The number of methoxy groups -OCH3 is 1. The number of aryl methyl sites for hydroxylation is 1. The van der Waals surface area contributed by atoms with Gasteiger partial charge in [0.2, 0.25) is 0 Å². The summed E-state index contributed by atoms with van der Waals surface area (Å²) in [5.74, 6) is 0.537. The Kier molecular flexibility index (Phi) is 5.49. The monoisotopic (exact) mass is 225 g/mol. The fourth-order valence-electron chi connectivity index (χ4n) is 1.95. The molecule has 1 aromatic heterocycles. The van der Waals surface area contributed by atoms with E-state index in [1.54, 1.807) is 7.11 Å². The van der Waals surface area contributed by atoms with Gasteiger partial charge in [-0.2, -0.15) is 0 Å². The average molecular weight is 225 g/mol. The Bertz CT molecular complexity index is 298. The van der Waals surface area contributed by atoms with Gasteiger partial charge in [0.15, 0.2) is 0 Å². The van der Waals surface area contributed by atoms with Crippen molar-refractivity contribution < 1.29 is 4.74 Å². The van der Waals surface area contributed by atoms with Gasteiger partial charge >= 0.3 is 0 Å². The second-order valence-electron chi connectivity index (χ2n) is 4.22. The van der Waals surface area contributed by atoms with Gasteiger partial charge in [0, 0.05) is 27.0 Å². The third-order valence-electron chi connectivity index (χ3n) is 2.94. The molecule has 0 saturated heterocycles. The number of hydrogen-bond acceptors (Lipinski definition) is 3. The average Bonchev–Trinajstić information content (AvgIpc) is 2.69. The van der Waals surface area contributed by atoms with Crippen LogP contribution in [0.3, 0.4) is 0 Å². The minimum absolute atomic E-state index is 0.354. The zero-order valence-corrected chi connectivity index (χ0v) is 10.7. The van der Waals surface area contributed by atoms with Crippen molar-refractivity contribution in [1.82, 2.24) is 14.9 Å². The summed E-state index contributed by atoms with van der Waals surface area (Å²) in [5.41, 5.74) is 1.24. The summed E-state index contributed by atoms with van der Waals surface area (Å²) in [6.07, 6.45) is 4.85. The number of rotatable bonds is 7. The van der Waals surface area contributed by atoms with Gasteiger partial charge in [-0.05, 0) is 18.9 Å². The number of ether oxygens (including phenoxy) is 1. The molecule has 0 aromatic carbocycles. The second kappa shape index (κ2) is 6.66. The highest BCUT2D eigenvalue weighted by molar-refractivity contribution is 5.06. The molecule has 4 nitrogen and oxygen atoms in total. The Labute approximate surface area is 98.0 Å². The molecule has 2 unspecified atom stereocenters. The summed E-state index contributed by atoms with van der Waals surface area (Å²) >= 11 is 0. The third kappa shape index (κ3) is 3.32. The van der Waals surface area contributed by atoms with E-state index >= 15 is 0 Å². The lowest BCUT2D eigenvalue weighted by Crippen LogP contribution is -2.29. The smallest absolute Gasteiger partial charge is 0.0946 e. The van der Waals surface area contributed by atoms with Crippen molar-refractivity contribution in [3.63, 3.8) is 0 Å². The summed E-state index contributed by atoms with van der Waals surface area (Å²) in [6.45, 7) is 6.15. The van der Waals surface area contributed by atoms with E-state index in [1.165, 1.54) is 5.69 Å². The van der Waals surface area contributed by atoms with Gasteiger partial charge in [-0.25, -0.2) is 4.98 Å². The van der Waals surface area contributed by atoms with Crippen molar-refractivity contribution >= 4 is 0 Å². The number of nitrogens with one attached hydrogen (secondary N) is 1. The van der Waals surface area contributed by atoms with E-state index in [0.717, 1.165) is 19.6 Å². The largest absolute Gasteiger partial charge is 0.385 e. The van der Waals surface area contributed by atoms with Gasteiger partial charge in [0.25, 0.3) is 0 Å². The Morgan fingerprint density at radius 2 is 2.31 bits per heavy atom. The minimum Gasteiger partial charge on any atom is -0.385 e. The summed E-state index contributed by atoms with van der Waals surface area (Å²) in [4.78, 5) is 4.18. The highest BCUT2D eigenvalue weighted by Crippen LogP contribution is 2.23. The molecule has 16 heavy (non-hydrogen) atoms. The summed E-state index contributed by atoms with van der Waals surface area (Å²) < 4.78 is 7.22. The lowest BCUT2D eigenvalue weighted by Gasteiger charge is -2.25. The number of nitrogens with zero attached hydrogens (tertiary/aromatic N) is 2. The van der Waals surface area contributed by atoms with Crippen LogP contribution in [0.15, 0.2) is 12.5 Å². The molecule has 1 heterocycles. The number of imidazole rings is 1. The highest BCUT2D eigenvalue weighted by Gasteiger charge is 2.20. The van der Waals surface area contributed by atoms with E-state index in [2.05, 4.69) is 28.7 Å². The standard InChI is InChI=1S/C12H23N3O/c1-5-14-12(10(2)6-7-16-4)11-8-13-9-15(11)3/h8-10,12,14H,5-7H2,1-4H3. The van der Waals surface area contributed by atoms with Gasteiger partial charge in [0.1, 0.15) is 0 Å². The highest BCUT2D eigenvalue weighted by atomic mass is 16.5. The molecule has 4 heteroatoms. The van der Waals surface area contributed by atoms with Crippen molar-refractivity contribution in [2.45, 2.75) is 26.3 Å². The summed E-state index contributed by atoms with van der Waals surface area (Å²) in [7, 11) is 3.79. The van der Waals surface area contributed by atoms with Crippen molar-refractivity contribution in [1.29, 1.82) is 0 Å². The van der Waals surface area contributed by atoms with Crippen LogP contribution in [-0.4, -0.2) is 29.8 Å². The van der Waals surface area contributed by atoms with E-state index in [0.29, 0.717) is 12.0 Å². The molecule has 2 atom stereocenters. The molecule has 0 saturated carbocycles. The molecule has 0 aliphatic heterocycles. The zero-order valence-electron chi connectivity index (χ0n) is 10.7. The maximum atomic E-state index is 5.14. The first kappa shape index (κ1) is 13.2. The van der Waals surface area contributed by atoms with E-state index in [-0.39, 0.29) is 0 Å². The fourth-order valence-corrected chi connectivity index (χ4v) is 1.95. The van der Waals surface area contributed by atoms with Crippen LogP contribution in [0.4, 0.5) is 0 Å². The molecule has 0 fully saturated rings. The lowest BCUT2D eigenvalue weighted by molar-refractivity contribution is 0.169. The van der Waals surface area contributed by atoms with Crippen LogP contribution in [0.25, 0.3) is 0 Å². The quantitative estimate of drug-likeness (QED) is 0.768. The Hall–Kier alpha value is -0.870. The second-order valence-corrected chi connectivity index (χ2v) is 4.22. The van der Waals surface area contributed by atoms with Crippen LogP contribution in [0.1, 0.15) is 32.0 Å². The van der Waals surface area contributed by atoms with Gasteiger partial charge in [0.05, 0.1) is 18.1 Å². The predicted molar refractivity (Wildman–Crippen MR) is 65.3 cm³/mol. The molecule has 0 aliphatic carbocycles. The van der Waals surface area contributed by atoms with Crippen molar-refractivity contribution in [2.75, 3.05) is 20.3 Å². The zero-order chi connectivity index (χ0) is 12.0. The van der Waals surface area contributed by atoms with Gasteiger partial charge in [-0.1, -0.05) is 13.8 Å². The fraction of sp³-hybridized carbons (Fsp3) is 0.750.